The molecule has 0 aliphatic heterocycles. The molecule has 2 N–H and O–H groups in total. The minimum Gasteiger partial charge on any atom is -0.393 e. The van der Waals surface area contributed by atoms with Crippen molar-refractivity contribution in [1.82, 2.24) is 9.88 Å². The summed E-state index contributed by atoms with van der Waals surface area (Å²) in [6.07, 6.45) is 2.20. The molecule has 2 aromatic rings. The molecule has 102 valence electrons. The van der Waals surface area contributed by atoms with Crippen LogP contribution >= 0.6 is 0 Å². The number of aliphatic hydroxyl groups excluding tert-OH is 1. The van der Waals surface area contributed by atoms with E-state index in [9.17, 15) is 4.79 Å². The molecule has 0 bridgehead atoms. The quantitative estimate of drug-likeness (QED) is 0.862. The molecule has 0 fully saturated rings. The Morgan fingerprint density at radius 2 is 2.16 bits per heavy atom. The van der Waals surface area contributed by atoms with Gasteiger partial charge in [-0.25, -0.2) is 0 Å². The van der Waals surface area contributed by atoms with Crippen LogP contribution in [-0.4, -0.2) is 28.2 Å². The lowest BCUT2D eigenvalue weighted by Crippen LogP contribution is -2.29. The Hall–Kier alpha value is -1.81. The Bertz CT molecular complexity index is 573. The topological polar surface area (TPSA) is 54.3 Å². The fourth-order valence-corrected chi connectivity index (χ4v) is 2.19. The van der Waals surface area contributed by atoms with Gasteiger partial charge in [0.2, 0.25) is 5.91 Å². The minimum absolute atomic E-state index is 0.0265. The van der Waals surface area contributed by atoms with Gasteiger partial charge in [-0.2, -0.15) is 0 Å². The van der Waals surface area contributed by atoms with Crippen molar-refractivity contribution in [1.29, 1.82) is 0 Å². The zero-order valence-corrected chi connectivity index (χ0v) is 11.4. The Kier molecular flexibility index (Phi) is 4.22. The molecule has 1 heterocycles. The van der Waals surface area contributed by atoms with E-state index in [1.165, 1.54) is 10.9 Å². The number of aromatic nitrogens is 1. The second kappa shape index (κ2) is 5.89. The molecule has 1 unspecified atom stereocenters. The van der Waals surface area contributed by atoms with Crippen LogP contribution in [0.3, 0.4) is 0 Å². The third-order valence-corrected chi connectivity index (χ3v) is 3.19. The summed E-state index contributed by atoms with van der Waals surface area (Å²) in [5, 5.41) is 13.1. The van der Waals surface area contributed by atoms with Gasteiger partial charge < -0.3 is 15.0 Å². The van der Waals surface area contributed by atoms with E-state index in [2.05, 4.69) is 11.4 Å². The van der Waals surface area contributed by atoms with Gasteiger partial charge in [0.15, 0.2) is 0 Å². The van der Waals surface area contributed by atoms with Gasteiger partial charge in [-0.1, -0.05) is 18.2 Å². The number of aryl methyl sites for hydroxylation is 1. The number of benzene rings is 1. The number of rotatable bonds is 5. The number of fused-ring (bicyclic) bond motifs is 1. The maximum Gasteiger partial charge on any atom is 0.239 e. The van der Waals surface area contributed by atoms with Crippen LogP contribution in [0.2, 0.25) is 0 Å². The van der Waals surface area contributed by atoms with Crippen LogP contribution in [0, 0.1) is 6.92 Å². The first-order chi connectivity index (χ1) is 9.08. The number of carbonyl (C=O) groups excluding carboxylic acids is 1. The first kappa shape index (κ1) is 13.6. The smallest absolute Gasteiger partial charge is 0.239 e. The lowest BCUT2D eigenvalue weighted by molar-refractivity contribution is -0.121. The molecule has 4 nitrogen and oxygen atoms in total. The van der Waals surface area contributed by atoms with Crippen molar-refractivity contribution in [3.05, 3.63) is 36.0 Å². The lowest BCUT2D eigenvalue weighted by atomic mass is 10.2. The van der Waals surface area contributed by atoms with E-state index in [4.69, 9.17) is 5.11 Å². The minimum atomic E-state index is -0.380. The summed E-state index contributed by atoms with van der Waals surface area (Å²) in [6, 6.07) is 8.06. The van der Waals surface area contributed by atoms with E-state index in [0.29, 0.717) is 19.5 Å². The highest BCUT2D eigenvalue weighted by atomic mass is 16.3. The van der Waals surface area contributed by atoms with Crippen molar-refractivity contribution >= 4 is 16.8 Å². The van der Waals surface area contributed by atoms with E-state index >= 15 is 0 Å². The first-order valence-corrected chi connectivity index (χ1v) is 6.57. The molecule has 1 atom stereocenters. The van der Waals surface area contributed by atoms with Crippen LogP contribution in [0.4, 0.5) is 0 Å². The molecule has 0 aliphatic rings. The summed E-state index contributed by atoms with van der Waals surface area (Å²) >= 11 is 0. The number of hydrogen-bond acceptors (Lipinski definition) is 2. The van der Waals surface area contributed by atoms with Gasteiger partial charge in [0.25, 0.3) is 0 Å². The fraction of sp³-hybridized carbons (Fsp3) is 0.400. The molecule has 0 aliphatic carbocycles. The maximum atomic E-state index is 11.8. The number of nitrogens with one attached hydrogen (secondary N) is 1. The van der Waals surface area contributed by atoms with Gasteiger partial charge in [-0.3, -0.25) is 4.79 Å². The van der Waals surface area contributed by atoms with Crippen LogP contribution in [0.1, 0.15) is 18.9 Å². The van der Waals surface area contributed by atoms with Gasteiger partial charge in [-0.05, 0) is 31.9 Å². The second-order valence-electron chi connectivity index (χ2n) is 4.94. The standard InChI is InChI=1S/C15H20N2O2/c1-11-9-17(14-6-4-3-5-13(11)14)10-15(19)16-8-7-12(2)18/h3-6,9,12,18H,7-8,10H2,1-2H3,(H,16,19). The van der Waals surface area contributed by atoms with E-state index in [1.807, 2.05) is 35.9 Å². The van der Waals surface area contributed by atoms with Crippen molar-refractivity contribution in [3.63, 3.8) is 0 Å². The normalized spacial score (nSPS) is 12.6. The molecular formula is C15H20N2O2. The summed E-state index contributed by atoms with van der Waals surface area (Å²) < 4.78 is 1.96. The molecule has 2 rings (SSSR count). The summed E-state index contributed by atoms with van der Waals surface area (Å²) in [6.45, 7) is 4.59. The highest BCUT2D eigenvalue weighted by molar-refractivity contribution is 5.85. The number of aliphatic hydroxyl groups is 1. The van der Waals surface area contributed by atoms with Crippen LogP contribution in [0.25, 0.3) is 10.9 Å². The SMILES string of the molecule is Cc1cn(CC(=O)NCCC(C)O)c2ccccc12. The molecule has 1 amide bonds. The predicted octanol–water partition coefficient (Wildman–Crippen LogP) is 1.84. The first-order valence-electron chi connectivity index (χ1n) is 6.57. The fourth-order valence-electron chi connectivity index (χ4n) is 2.19. The van der Waals surface area contributed by atoms with Crippen LogP contribution in [0.15, 0.2) is 30.5 Å². The summed E-state index contributed by atoms with van der Waals surface area (Å²) in [5.74, 6) is -0.0265. The van der Waals surface area contributed by atoms with Gasteiger partial charge in [0.05, 0.1) is 6.10 Å². The third-order valence-electron chi connectivity index (χ3n) is 3.19. The highest BCUT2D eigenvalue weighted by Crippen LogP contribution is 2.19. The highest BCUT2D eigenvalue weighted by Gasteiger charge is 2.08. The van der Waals surface area contributed by atoms with Crippen LogP contribution in [0.5, 0.6) is 0 Å². The van der Waals surface area contributed by atoms with E-state index in [0.717, 1.165) is 5.52 Å². The number of amides is 1. The molecule has 1 aromatic carbocycles. The van der Waals surface area contributed by atoms with Crippen LogP contribution in [-0.2, 0) is 11.3 Å². The monoisotopic (exact) mass is 260 g/mol. The number of hydrogen-bond donors (Lipinski definition) is 2. The molecule has 0 radical (unpaired) electrons. The summed E-state index contributed by atoms with van der Waals surface area (Å²) in [5.41, 5.74) is 2.25. The molecule has 4 heteroatoms. The van der Waals surface area contributed by atoms with Gasteiger partial charge in [0, 0.05) is 23.6 Å². The van der Waals surface area contributed by atoms with Crippen molar-refractivity contribution in [2.75, 3.05) is 6.54 Å². The Balaban J connectivity index is 2.03. The summed E-state index contributed by atoms with van der Waals surface area (Å²) in [4.78, 5) is 11.8. The Morgan fingerprint density at radius 1 is 1.42 bits per heavy atom. The van der Waals surface area contributed by atoms with E-state index in [1.54, 1.807) is 6.92 Å². The third kappa shape index (κ3) is 3.35. The zero-order chi connectivity index (χ0) is 13.8. The molecular weight excluding hydrogens is 240 g/mol. The van der Waals surface area contributed by atoms with Crippen molar-refractivity contribution in [3.8, 4) is 0 Å². The summed E-state index contributed by atoms with van der Waals surface area (Å²) in [7, 11) is 0. The second-order valence-corrected chi connectivity index (χ2v) is 4.94. The number of nitrogens with zero attached hydrogens (tertiary/aromatic N) is 1. The lowest BCUT2D eigenvalue weighted by Gasteiger charge is -2.08. The largest absolute Gasteiger partial charge is 0.393 e. The van der Waals surface area contributed by atoms with E-state index in [-0.39, 0.29) is 12.0 Å². The van der Waals surface area contributed by atoms with Gasteiger partial charge in [-0.15, -0.1) is 0 Å². The average molecular weight is 260 g/mol. The average Bonchev–Trinajstić information content (AvgIpc) is 2.66. The van der Waals surface area contributed by atoms with Crippen molar-refractivity contribution in [2.24, 2.45) is 0 Å². The molecule has 0 spiro atoms. The van der Waals surface area contributed by atoms with Crippen molar-refractivity contribution in [2.45, 2.75) is 32.9 Å². The Labute approximate surface area is 113 Å². The number of para-hydroxylation sites is 1. The van der Waals surface area contributed by atoms with Crippen LogP contribution < -0.4 is 5.32 Å². The maximum absolute atomic E-state index is 11.8. The molecule has 0 saturated carbocycles. The molecule has 1 aromatic heterocycles. The molecule has 0 saturated heterocycles. The Morgan fingerprint density at radius 3 is 2.89 bits per heavy atom. The van der Waals surface area contributed by atoms with Crippen molar-refractivity contribution < 1.29 is 9.90 Å². The zero-order valence-electron chi connectivity index (χ0n) is 11.4. The predicted molar refractivity (Wildman–Crippen MR) is 76.0 cm³/mol. The van der Waals surface area contributed by atoms with E-state index < -0.39 is 0 Å². The number of carbonyl (C=O) groups is 1. The van der Waals surface area contributed by atoms with Gasteiger partial charge >= 0.3 is 0 Å². The molecule has 19 heavy (non-hydrogen) atoms. The van der Waals surface area contributed by atoms with Gasteiger partial charge in [0.1, 0.15) is 6.54 Å².